The van der Waals surface area contributed by atoms with E-state index in [2.05, 4.69) is 16.0 Å². The number of nitrogens with one attached hydrogen (secondary N) is 1. The predicted octanol–water partition coefficient (Wildman–Crippen LogP) is 4.99. The van der Waals surface area contributed by atoms with Crippen LogP contribution in [0.1, 0.15) is 18.7 Å². The predicted molar refractivity (Wildman–Crippen MR) is 145 cm³/mol. The number of aromatic nitrogens is 2. The van der Waals surface area contributed by atoms with E-state index in [-0.39, 0.29) is 0 Å². The first kappa shape index (κ1) is 29.0. The maximum absolute atomic E-state index is 13.9. The van der Waals surface area contributed by atoms with Crippen molar-refractivity contribution in [2.45, 2.75) is 26.0 Å². The van der Waals surface area contributed by atoms with Crippen LogP contribution in [0, 0.1) is 17.6 Å². The van der Waals surface area contributed by atoms with Crippen molar-refractivity contribution in [2.75, 3.05) is 18.4 Å². The summed E-state index contributed by atoms with van der Waals surface area (Å²) in [7, 11) is 0. The lowest BCUT2D eigenvalue weighted by molar-refractivity contribution is -0.159. The zero-order chi connectivity index (χ0) is 29.4. The Kier molecular flexibility index (Phi) is 9.46. The Hall–Kier alpha value is -5.00. The number of rotatable bonds is 6. The van der Waals surface area contributed by atoms with E-state index in [4.69, 9.17) is 29.5 Å². The number of para-hydroxylation sites is 4. The van der Waals surface area contributed by atoms with Gasteiger partial charge in [0.1, 0.15) is 35.5 Å². The fourth-order valence-corrected chi connectivity index (χ4v) is 4.48. The average molecular weight is 567 g/mol. The highest BCUT2D eigenvalue weighted by Gasteiger charge is 2.25. The van der Waals surface area contributed by atoms with Gasteiger partial charge in [-0.1, -0.05) is 36.4 Å². The number of benzene rings is 3. The monoisotopic (exact) mass is 566 g/mol. The molecule has 1 fully saturated rings. The molecule has 0 unspecified atom stereocenters. The van der Waals surface area contributed by atoms with E-state index in [1.807, 2.05) is 48.5 Å². The van der Waals surface area contributed by atoms with Gasteiger partial charge in [0.15, 0.2) is 0 Å². The Balaban J connectivity index is 0.000000585. The molecule has 0 bridgehead atoms. The Morgan fingerprint density at radius 3 is 2.12 bits per heavy atom. The normalized spacial score (nSPS) is 13.3. The molecule has 41 heavy (non-hydrogen) atoms. The molecule has 5 rings (SSSR count). The van der Waals surface area contributed by atoms with E-state index in [9.17, 15) is 13.6 Å². The van der Waals surface area contributed by atoms with Crippen molar-refractivity contribution in [3.05, 3.63) is 90.3 Å². The number of anilines is 1. The van der Waals surface area contributed by atoms with Crippen LogP contribution in [0.25, 0.3) is 11.0 Å². The third-order valence-electron chi connectivity index (χ3n) is 6.56. The van der Waals surface area contributed by atoms with E-state index in [0.29, 0.717) is 25.6 Å². The van der Waals surface area contributed by atoms with Crippen molar-refractivity contribution in [3.8, 4) is 5.75 Å². The number of carboxylic acids is 2. The van der Waals surface area contributed by atoms with Crippen LogP contribution in [0.15, 0.2) is 72.8 Å². The van der Waals surface area contributed by atoms with Gasteiger partial charge in [-0.15, -0.1) is 0 Å². The molecule has 3 aromatic carbocycles. The molecule has 10 nitrogen and oxygen atoms in total. The molecule has 1 aliphatic heterocycles. The first-order valence-corrected chi connectivity index (χ1v) is 12.8. The summed E-state index contributed by atoms with van der Waals surface area (Å²) in [6.07, 6.45) is 1.55. The topological polar surface area (TPSA) is 134 Å². The van der Waals surface area contributed by atoms with Gasteiger partial charge >= 0.3 is 18.0 Å². The molecule has 214 valence electrons. The number of hydrogen-bond acceptors (Lipinski definition) is 5. The number of amides is 2. The molecule has 3 N–H and O–H groups in total. The molecule has 0 spiro atoms. The van der Waals surface area contributed by atoms with E-state index < -0.39 is 35.3 Å². The van der Waals surface area contributed by atoms with Gasteiger partial charge in [-0.25, -0.2) is 28.1 Å². The van der Waals surface area contributed by atoms with Crippen molar-refractivity contribution in [3.63, 3.8) is 0 Å². The van der Waals surface area contributed by atoms with E-state index in [1.165, 1.54) is 6.07 Å². The van der Waals surface area contributed by atoms with Gasteiger partial charge in [-0.05, 0) is 55.2 Å². The van der Waals surface area contributed by atoms with Gasteiger partial charge in [0.05, 0.1) is 11.0 Å². The quantitative estimate of drug-likeness (QED) is 0.280. The van der Waals surface area contributed by atoms with Crippen molar-refractivity contribution in [2.24, 2.45) is 5.92 Å². The highest BCUT2D eigenvalue weighted by molar-refractivity contribution is 6.27. The largest absolute Gasteiger partial charge is 0.486 e. The highest BCUT2D eigenvalue weighted by Crippen LogP contribution is 2.26. The lowest BCUT2D eigenvalue weighted by Crippen LogP contribution is -2.42. The summed E-state index contributed by atoms with van der Waals surface area (Å²) in [5.41, 5.74) is 1.56. The number of aliphatic carboxylic acids is 2. The Morgan fingerprint density at radius 1 is 0.878 bits per heavy atom. The number of piperidine rings is 1. The second-order valence-electron chi connectivity index (χ2n) is 9.30. The molecule has 0 atom stereocenters. The number of carboxylic acid groups (broad SMARTS) is 2. The van der Waals surface area contributed by atoms with Gasteiger partial charge in [-0.2, -0.15) is 0 Å². The second-order valence-corrected chi connectivity index (χ2v) is 9.30. The summed E-state index contributed by atoms with van der Waals surface area (Å²) in [4.78, 5) is 37.2. The molecule has 2 heterocycles. The van der Waals surface area contributed by atoms with Gasteiger partial charge < -0.3 is 29.7 Å². The third kappa shape index (κ3) is 7.56. The number of urea groups is 1. The smallest absolute Gasteiger partial charge is 0.414 e. The average Bonchev–Trinajstić information content (AvgIpc) is 3.32. The molecule has 12 heteroatoms. The number of ether oxygens (including phenoxy) is 1. The Bertz CT molecular complexity index is 1490. The summed E-state index contributed by atoms with van der Waals surface area (Å²) in [5.74, 6) is -3.25. The summed E-state index contributed by atoms with van der Waals surface area (Å²) in [6, 6.07) is 20.7. The van der Waals surface area contributed by atoms with Crippen LogP contribution in [0.5, 0.6) is 5.75 Å². The molecule has 4 aromatic rings. The minimum Gasteiger partial charge on any atom is -0.486 e. The first-order valence-electron chi connectivity index (χ1n) is 12.8. The van der Waals surface area contributed by atoms with Crippen LogP contribution >= 0.6 is 0 Å². The maximum atomic E-state index is 13.9. The number of halogens is 2. The van der Waals surface area contributed by atoms with Crippen LogP contribution in [0.3, 0.4) is 0 Å². The summed E-state index contributed by atoms with van der Waals surface area (Å²) < 4.78 is 36.0. The van der Waals surface area contributed by atoms with Crippen molar-refractivity contribution < 1.29 is 38.1 Å². The Labute approximate surface area is 233 Å². The number of nitrogens with zero attached hydrogens (tertiary/aromatic N) is 3. The third-order valence-corrected chi connectivity index (χ3v) is 6.56. The molecule has 2 amide bonds. The van der Waals surface area contributed by atoms with Gasteiger partial charge in [0, 0.05) is 19.6 Å². The number of carbonyl (C=O) groups excluding carboxylic acids is 1. The van der Waals surface area contributed by atoms with Crippen LogP contribution < -0.4 is 10.1 Å². The number of imidazole rings is 1. The van der Waals surface area contributed by atoms with E-state index >= 15 is 0 Å². The number of hydrogen-bond donors (Lipinski definition) is 3. The number of fused-ring (bicyclic) bond motifs is 1. The van der Waals surface area contributed by atoms with Gasteiger partial charge in [-0.3, -0.25) is 0 Å². The molecule has 1 aromatic heterocycles. The molecule has 0 saturated carbocycles. The minimum atomic E-state index is -1.82. The SMILES string of the molecule is O=C(Nc1c(F)cccc1F)N1CCC(Cn2c(COc3ccccc3)nc3ccccc32)CC1.O=C(O)C(=O)O. The lowest BCUT2D eigenvalue weighted by atomic mass is 9.96. The standard InChI is InChI=1S/C27H26F2N4O2.C2H2O4/c28-21-9-6-10-22(29)26(21)31-27(34)32-15-13-19(14-16-32)17-33-24-12-5-4-11-23(24)30-25(33)18-35-20-7-2-1-3-8-20;3-1(4)2(5)6/h1-12,19H,13-18H2,(H,31,34);(H,3,4)(H,5,6). The van der Waals surface area contributed by atoms with E-state index in [0.717, 1.165) is 54.1 Å². The van der Waals surface area contributed by atoms with E-state index in [1.54, 1.807) is 4.90 Å². The van der Waals surface area contributed by atoms with Crippen LogP contribution in [0.2, 0.25) is 0 Å². The molecular formula is C29H28F2N4O6. The Morgan fingerprint density at radius 2 is 1.49 bits per heavy atom. The van der Waals surface area contributed by atoms with Gasteiger partial charge in [0.25, 0.3) is 0 Å². The van der Waals surface area contributed by atoms with Gasteiger partial charge in [0.2, 0.25) is 0 Å². The molecule has 0 aliphatic carbocycles. The maximum Gasteiger partial charge on any atom is 0.414 e. The zero-order valence-electron chi connectivity index (χ0n) is 21.9. The molecule has 0 radical (unpaired) electrons. The van der Waals surface area contributed by atoms with Crippen molar-refractivity contribution in [1.82, 2.24) is 14.5 Å². The van der Waals surface area contributed by atoms with Crippen LogP contribution in [-0.4, -0.2) is 55.7 Å². The van der Waals surface area contributed by atoms with Crippen molar-refractivity contribution in [1.29, 1.82) is 0 Å². The summed E-state index contributed by atoms with van der Waals surface area (Å²) in [6.45, 7) is 2.13. The number of likely N-dealkylation sites (tertiary alicyclic amines) is 1. The molecular weight excluding hydrogens is 538 g/mol. The van der Waals surface area contributed by atoms with Crippen molar-refractivity contribution >= 4 is 34.7 Å². The highest BCUT2D eigenvalue weighted by atomic mass is 19.1. The van der Waals surface area contributed by atoms with Crippen LogP contribution in [0.4, 0.5) is 19.3 Å². The molecule has 1 aliphatic rings. The second kappa shape index (κ2) is 13.4. The zero-order valence-corrected chi connectivity index (χ0v) is 21.9. The first-order chi connectivity index (χ1) is 19.7. The fourth-order valence-electron chi connectivity index (χ4n) is 4.48. The fraction of sp³-hybridized carbons (Fsp3) is 0.241. The van der Waals surface area contributed by atoms with Crippen LogP contribution in [-0.2, 0) is 22.7 Å². The summed E-state index contributed by atoms with van der Waals surface area (Å²) >= 11 is 0. The summed E-state index contributed by atoms with van der Waals surface area (Å²) in [5, 5.41) is 17.2. The number of carbonyl (C=O) groups is 3. The molecule has 1 saturated heterocycles. The minimum absolute atomic E-state index is 0.331. The lowest BCUT2D eigenvalue weighted by Gasteiger charge is -2.32.